The molecule has 14 heavy (non-hydrogen) atoms. The van der Waals surface area contributed by atoms with Gasteiger partial charge < -0.3 is 5.73 Å². The molecule has 72 valence electrons. The van der Waals surface area contributed by atoms with Gasteiger partial charge in [0.2, 0.25) is 0 Å². The maximum absolute atomic E-state index is 5.81. The van der Waals surface area contributed by atoms with E-state index >= 15 is 0 Å². The highest BCUT2D eigenvalue weighted by molar-refractivity contribution is 6.33. The average molecular weight is 209 g/mol. The van der Waals surface area contributed by atoms with Crippen LogP contribution in [0.1, 0.15) is 5.82 Å². The van der Waals surface area contributed by atoms with E-state index in [0.29, 0.717) is 10.7 Å². The molecule has 0 saturated heterocycles. The van der Waals surface area contributed by atoms with E-state index in [2.05, 4.69) is 10.1 Å². The summed E-state index contributed by atoms with van der Waals surface area (Å²) in [7, 11) is 0. The van der Waals surface area contributed by atoms with Crippen LogP contribution >= 0.6 is 11.6 Å². The first kappa shape index (κ1) is 9.02. The predicted octanol–water partition coefficient (Wildman–Crippen LogP) is 1.81. The van der Waals surface area contributed by atoms with Gasteiger partial charge in [0, 0.05) is 0 Å². The first-order valence-electron chi connectivity index (χ1n) is 4.10. The molecule has 0 bridgehead atoms. The summed E-state index contributed by atoms with van der Waals surface area (Å²) in [5, 5.41) is 4.61. The third kappa shape index (κ3) is 1.44. The van der Waals surface area contributed by atoms with Crippen molar-refractivity contribution in [2.75, 3.05) is 5.73 Å². The Hall–Kier alpha value is -1.55. The standard InChI is InChI=1S/C9H9ClN4/c1-6-12-5-13-14(6)7-2-3-8(10)9(11)4-7/h2-5H,11H2,1H3. The van der Waals surface area contributed by atoms with Gasteiger partial charge >= 0.3 is 0 Å². The van der Waals surface area contributed by atoms with Crippen molar-refractivity contribution in [1.82, 2.24) is 14.8 Å². The molecule has 0 atom stereocenters. The Balaban J connectivity index is 2.53. The summed E-state index contributed by atoms with van der Waals surface area (Å²) >= 11 is 5.81. The van der Waals surface area contributed by atoms with Gasteiger partial charge in [0.15, 0.2) is 0 Å². The Morgan fingerprint density at radius 1 is 1.43 bits per heavy atom. The van der Waals surface area contributed by atoms with Crippen molar-refractivity contribution in [3.63, 3.8) is 0 Å². The molecule has 0 unspecified atom stereocenters. The van der Waals surface area contributed by atoms with E-state index in [1.807, 2.05) is 13.0 Å². The molecule has 4 nitrogen and oxygen atoms in total. The van der Waals surface area contributed by atoms with Gasteiger partial charge in [-0.25, -0.2) is 9.67 Å². The molecular formula is C9H9ClN4. The van der Waals surface area contributed by atoms with Crippen molar-refractivity contribution in [3.05, 3.63) is 35.4 Å². The Morgan fingerprint density at radius 2 is 2.21 bits per heavy atom. The van der Waals surface area contributed by atoms with E-state index in [1.54, 1.807) is 16.8 Å². The molecule has 2 rings (SSSR count). The Labute approximate surface area is 86.3 Å². The number of benzene rings is 1. The fraction of sp³-hybridized carbons (Fsp3) is 0.111. The number of aryl methyl sites for hydroxylation is 1. The molecule has 0 radical (unpaired) electrons. The fourth-order valence-corrected chi connectivity index (χ4v) is 1.33. The van der Waals surface area contributed by atoms with Crippen molar-refractivity contribution >= 4 is 17.3 Å². The maximum atomic E-state index is 5.81. The minimum Gasteiger partial charge on any atom is -0.397 e. The highest BCUT2D eigenvalue weighted by Crippen LogP contribution is 2.21. The lowest BCUT2D eigenvalue weighted by atomic mass is 10.3. The molecule has 0 aliphatic rings. The average Bonchev–Trinajstić information content (AvgIpc) is 2.57. The molecule has 0 amide bonds. The second-order valence-corrected chi connectivity index (χ2v) is 3.33. The van der Waals surface area contributed by atoms with Gasteiger partial charge in [0.05, 0.1) is 16.4 Å². The van der Waals surface area contributed by atoms with E-state index in [1.165, 1.54) is 6.33 Å². The summed E-state index contributed by atoms with van der Waals surface area (Å²) in [6.07, 6.45) is 1.50. The zero-order chi connectivity index (χ0) is 10.1. The summed E-state index contributed by atoms with van der Waals surface area (Å²) in [5.41, 5.74) is 7.09. The summed E-state index contributed by atoms with van der Waals surface area (Å²) in [4.78, 5) is 4.02. The van der Waals surface area contributed by atoms with Crippen LogP contribution in [0.2, 0.25) is 5.02 Å². The van der Waals surface area contributed by atoms with Gasteiger partial charge in [0.1, 0.15) is 12.2 Å². The van der Waals surface area contributed by atoms with Crippen molar-refractivity contribution in [1.29, 1.82) is 0 Å². The largest absolute Gasteiger partial charge is 0.397 e. The minimum atomic E-state index is 0.541. The van der Waals surface area contributed by atoms with Crippen molar-refractivity contribution in [2.24, 2.45) is 0 Å². The van der Waals surface area contributed by atoms with Crippen LogP contribution in [0.15, 0.2) is 24.5 Å². The SMILES string of the molecule is Cc1ncnn1-c1ccc(Cl)c(N)c1. The molecule has 0 fully saturated rings. The first-order chi connectivity index (χ1) is 6.68. The number of anilines is 1. The zero-order valence-electron chi connectivity index (χ0n) is 7.61. The van der Waals surface area contributed by atoms with Crippen LogP contribution in [-0.2, 0) is 0 Å². The fourth-order valence-electron chi connectivity index (χ4n) is 1.22. The number of nitrogens with zero attached hydrogens (tertiary/aromatic N) is 3. The van der Waals surface area contributed by atoms with E-state index in [-0.39, 0.29) is 0 Å². The number of rotatable bonds is 1. The lowest BCUT2D eigenvalue weighted by Crippen LogP contribution is -2.00. The molecule has 1 heterocycles. The van der Waals surface area contributed by atoms with E-state index in [4.69, 9.17) is 17.3 Å². The Morgan fingerprint density at radius 3 is 2.79 bits per heavy atom. The predicted molar refractivity (Wildman–Crippen MR) is 55.5 cm³/mol. The third-order valence-corrected chi connectivity index (χ3v) is 2.29. The number of hydrogen-bond donors (Lipinski definition) is 1. The van der Waals surface area contributed by atoms with Crippen LogP contribution in [0, 0.1) is 6.92 Å². The second kappa shape index (κ2) is 3.31. The molecular weight excluding hydrogens is 200 g/mol. The van der Waals surface area contributed by atoms with Gasteiger partial charge in [-0.15, -0.1) is 0 Å². The molecule has 0 spiro atoms. The van der Waals surface area contributed by atoms with Crippen LogP contribution in [0.3, 0.4) is 0 Å². The summed E-state index contributed by atoms with van der Waals surface area (Å²) in [6.45, 7) is 1.87. The van der Waals surface area contributed by atoms with Crippen molar-refractivity contribution in [2.45, 2.75) is 6.92 Å². The smallest absolute Gasteiger partial charge is 0.138 e. The summed E-state index contributed by atoms with van der Waals surface area (Å²) < 4.78 is 1.70. The summed E-state index contributed by atoms with van der Waals surface area (Å²) in [5.74, 6) is 0.812. The molecule has 1 aromatic carbocycles. The zero-order valence-corrected chi connectivity index (χ0v) is 8.36. The third-order valence-electron chi connectivity index (χ3n) is 1.94. The van der Waals surface area contributed by atoms with Crippen LogP contribution in [0.25, 0.3) is 5.69 Å². The number of halogens is 1. The monoisotopic (exact) mass is 208 g/mol. The highest BCUT2D eigenvalue weighted by Gasteiger charge is 2.03. The second-order valence-electron chi connectivity index (χ2n) is 2.92. The molecule has 2 N–H and O–H groups in total. The van der Waals surface area contributed by atoms with Crippen LogP contribution in [0.5, 0.6) is 0 Å². The first-order valence-corrected chi connectivity index (χ1v) is 4.48. The lowest BCUT2D eigenvalue weighted by molar-refractivity contribution is 0.841. The van der Waals surface area contributed by atoms with Gasteiger partial charge in [-0.1, -0.05) is 11.6 Å². The van der Waals surface area contributed by atoms with E-state index in [0.717, 1.165) is 11.5 Å². The summed E-state index contributed by atoms with van der Waals surface area (Å²) in [6, 6.07) is 5.36. The van der Waals surface area contributed by atoms with Crippen molar-refractivity contribution in [3.8, 4) is 5.69 Å². The number of nitrogen functional groups attached to an aromatic ring is 1. The topological polar surface area (TPSA) is 56.7 Å². The molecule has 0 saturated carbocycles. The van der Waals surface area contributed by atoms with E-state index < -0.39 is 0 Å². The van der Waals surface area contributed by atoms with Crippen LogP contribution < -0.4 is 5.73 Å². The Kier molecular flexibility index (Phi) is 2.13. The molecule has 2 aromatic rings. The van der Waals surface area contributed by atoms with Gasteiger partial charge in [-0.2, -0.15) is 5.10 Å². The molecule has 5 heteroatoms. The van der Waals surface area contributed by atoms with Gasteiger partial charge in [-0.05, 0) is 25.1 Å². The minimum absolute atomic E-state index is 0.541. The number of nitrogens with two attached hydrogens (primary N) is 1. The highest BCUT2D eigenvalue weighted by atomic mass is 35.5. The maximum Gasteiger partial charge on any atom is 0.138 e. The number of aromatic nitrogens is 3. The quantitative estimate of drug-likeness (QED) is 0.728. The van der Waals surface area contributed by atoms with Crippen molar-refractivity contribution < 1.29 is 0 Å². The Bertz CT molecular complexity index is 464. The molecule has 1 aromatic heterocycles. The number of hydrogen-bond acceptors (Lipinski definition) is 3. The van der Waals surface area contributed by atoms with Crippen LogP contribution in [0.4, 0.5) is 5.69 Å². The molecule has 0 aliphatic heterocycles. The van der Waals surface area contributed by atoms with E-state index in [9.17, 15) is 0 Å². The van der Waals surface area contributed by atoms with Gasteiger partial charge in [0.25, 0.3) is 0 Å². The van der Waals surface area contributed by atoms with Crippen LogP contribution in [-0.4, -0.2) is 14.8 Å². The molecule has 0 aliphatic carbocycles. The normalized spacial score (nSPS) is 10.4. The lowest BCUT2D eigenvalue weighted by Gasteiger charge is -2.04. The van der Waals surface area contributed by atoms with Gasteiger partial charge in [-0.3, -0.25) is 0 Å².